The summed E-state index contributed by atoms with van der Waals surface area (Å²) < 4.78 is 4.84. The lowest BCUT2D eigenvalue weighted by Gasteiger charge is -2.24. The number of carbonyl (C=O) groups excluding carboxylic acids is 1. The second kappa shape index (κ2) is 8.02. The molecule has 0 atom stereocenters. The van der Waals surface area contributed by atoms with Crippen molar-refractivity contribution >= 4 is 11.5 Å². The minimum atomic E-state index is -0.242. The third-order valence-corrected chi connectivity index (χ3v) is 4.35. The van der Waals surface area contributed by atoms with Crippen molar-refractivity contribution in [3.8, 4) is 0 Å². The molecule has 0 bridgehead atoms. The van der Waals surface area contributed by atoms with E-state index >= 15 is 0 Å². The van der Waals surface area contributed by atoms with E-state index in [1.54, 1.807) is 6.08 Å². The molecule has 1 saturated carbocycles. The van der Waals surface area contributed by atoms with Crippen LogP contribution < -0.4 is 0 Å². The van der Waals surface area contributed by atoms with Crippen LogP contribution >= 0.6 is 0 Å². The topological polar surface area (TPSA) is 26.3 Å². The number of ether oxygens (including phenoxy) is 1. The normalized spacial score (nSPS) is 16.8. The maximum atomic E-state index is 11.7. The Bertz CT molecular complexity index is 479. The van der Waals surface area contributed by atoms with Crippen molar-refractivity contribution in [2.24, 2.45) is 5.92 Å². The summed E-state index contributed by atoms with van der Waals surface area (Å²) in [5, 5.41) is 0. The summed E-state index contributed by atoms with van der Waals surface area (Å²) in [5.41, 5.74) is 3.69. The van der Waals surface area contributed by atoms with Crippen molar-refractivity contribution < 1.29 is 9.53 Å². The van der Waals surface area contributed by atoms with Gasteiger partial charge in [0, 0.05) is 6.08 Å². The third kappa shape index (κ3) is 4.45. The van der Waals surface area contributed by atoms with Gasteiger partial charge in [-0.05, 0) is 41.9 Å². The highest BCUT2D eigenvalue weighted by Gasteiger charge is 2.20. The number of hydrogen-bond acceptors (Lipinski definition) is 2. The fraction of sp³-hybridized carbons (Fsp3) is 0.526. The van der Waals surface area contributed by atoms with Gasteiger partial charge in [0.05, 0.1) is 7.11 Å². The molecule has 0 saturated heterocycles. The van der Waals surface area contributed by atoms with Crippen LogP contribution in [0.4, 0.5) is 0 Å². The first kappa shape index (κ1) is 15.8. The molecule has 0 aromatic heterocycles. The molecular formula is C19H26O2. The molecule has 1 aromatic carbocycles. The van der Waals surface area contributed by atoms with Crippen molar-refractivity contribution in [2.45, 2.75) is 51.9 Å². The van der Waals surface area contributed by atoms with Gasteiger partial charge in [-0.1, -0.05) is 56.9 Å². The van der Waals surface area contributed by atoms with Crippen LogP contribution in [0.5, 0.6) is 0 Å². The highest BCUT2D eigenvalue weighted by Crippen LogP contribution is 2.35. The Hall–Kier alpha value is -1.57. The predicted molar refractivity (Wildman–Crippen MR) is 87.0 cm³/mol. The molecule has 2 heteroatoms. The van der Waals surface area contributed by atoms with Gasteiger partial charge in [-0.3, -0.25) is 0 Å². The molecule has 21 heavy (non-hydrogen) atoms. The van der Waals surface area contributed by atoms with Crippen LogP contribution in [0.1, 0.15) is 56.6 Å². The SMILES string of the molecule is CCCc1ccc(C(=CC(=O)OC)C2CCCCC2)cc1. The summed E-state index contributed by atoms with van der Waals surface area (Å²) in [6.07, 6.45) is 10.2. The largest absolute Gasteiger partial charge is 0.466 e. The number of aryl methyl sites for hydroxylation is 1. The van der Waals surface area contributed by atoms with Gasteiger partial charge in [-0.2, -0.15) is 0 Å². The van der Waals surface area contributed by atoms with Crippen LogP contribution in [-0.4, -0.2) is 13.1 Å². The molecule has 0 N–H and O–H groups in total. The third-order valence-electron chi connectivity index (χ3n) is 4.35. The first-order chi connectivity index (χ1) is 10.2. The summed E-state index contributed by atoms with van der Waals surface area (Å²) in [6.45, 7) is 2.19. The Morgan fingerprint density at radius 1 is 1.19 bits per heavy atom. The van der Waals surface area contributed by atoms with Crippen molar-refractivity contribution in [1.82, 2.24) is 0 Å². The molecule has 2 nitrogen and oxygen atoms in total. The number of rotatable bonds is 5. The van der Waals surface area contributed by atoms with E-state index in [0.29, 0.717) is 5.92 Å². The van der Waals surface area contributed by atoms with E-state index in [4.69, 9.17) is 4.74 Å². The van der Waals surface area contributed by atoms with E-state index in [1.807, 2.05) is 0 Å². The molecule has 1 aromatic rings. The molecule has 0 heterocycles. The molecule has 0 unspecified atom stereocenters. The lowest BCUT2D eigenvalue weighted by atomic mass is 9.80. The van der Waals surface area contributed by atoms with Crippen LogP contribution in [0, 0.1) is 5.92 Å². The Morgan fingerprint density at radius 3 is 2.43 bits per heavy atom. The van der Waals surface area contributed by atoms with Gasteiger partial charge < -0.3 is 4.74 Å². The molecular weight excluding hydrogens is 260 g/mol. The summed E-state index contributed by atoms with van der Waals surface area (Å²) in [5.74, 6) is 0.253. The van der Waals surface area contributed by atoms with Crippen LogP contribution in [0.15, 0.2) is 30.3 Å². The highest BCUT2D eigenvalue weighted by atomic mass is 16.5. The summed E-state index contributed by atoms with van der Waals surface area (Å²) in [7, 11) is 1.45. The van der Waals surface area contributed by atoms with Gasteiger partial charge >= 0.3 is 5.97 Å². The lowest BCUT2D eigenvalue weighted by molar-refractivity contribution is -0.134. The van der Waals surface area contributed by atoms with Gasteiger partial charge in [0.1, 0.15) is 0 Å². The molecule has 1 aliphatic rings. The fourth-order valence-electron chi connectivity index (χ4n) is 3.19. The molecule has 1 aliphatic carbocycles. The minimum absolute atomic E-state index is 0.242. The summed E-state index contributed by atoms with van der Waals surface area (Å²) in [6, 6.07) is 8.70. The molecule has 0 spiro atoms. The van der Waals surface area contributed by atoms with Gasteiger partial charge in [0.15, 0.2) is 0 Å². The maximum Gasteiger partial charge on any atom is 0.330 e. The Kier molecular flexibility index (Phi) is 6.04. The second-order valence-electron chi connectivity index (χ2n) is 5.90. The molecule has 0 amide bonds. The maximum absolute atomic E-state index is 11.7. The van der Waals surface area contributed by atoms with Crippen LogP contribution in [0.25, 0.3) is 5.57 Å². The molecule has 2 rings (SSSR count). The number of methoxy groups -OCH3 is 1. The second-order valence-corrected chi connectivity index (χ2v) is 5.90. The van der Waals surface area contributed by atoms with Gasteiger partial charge in [0.2, 0.25) is 0 Å². The molecule has 1 fully saturated rings. The average Bonchev–Trinajstić information content (AvgIpc) is 2.54. The van der Waals surface area contributed by atoms with Gasteiger partial charge in [0.25, 0.3) is 0 Å². The summed E-state index contributed by atoms with van der Waals surface area (Å²) >= 11 is 0. The van der Waals surface area contributed by atoms with E-state index < -0.39 is 0 Å². The number of esters is 1. The average molecular weight is 286 g/mol. The Morgan fingerprint density at radius 2 is 1.86 bits per heavy atom. The molecule has 0 aliphatic heterocycles. The molecule has 0 radical (unpaired) electrons. The Balaban J connectivity index is 2.25. The van der Waals surface area contributed by atoms with E-state index in [1.165, 1.54) is 50.3 Å². The zero-order valence-corrected chi connectivity index (χ0v) is 13.2. The fourth-order valence-corrected chi connectivity index (χ4v) is 3.19. The molecule has 114 valence electrons. The van der Waals surface area contributed by atoms with Gasteiger partial charge in [-0.25, -0.2) is 4.79 Å². The van der Waals surface area contributed by atoms with E-state index in [0.717, 1.165) is 18.4 Å². The van der Waals surface area contributed by atoms with Crippen molar-refractivity contribution in [2.75, 3.05) is 7.11 Å². The van der Waals surface area contributed by atoms with E-state index in [2.05, 4.69) is 31.2 Å². The van der Waals surface area contributed by atoms with Crippen LogP contribution in [-0.2, 0) is 16.0 Å². The van der Waals surface area contributed by atoms with Gasteiger partial charge in [-0.15, -0.1) is 0 Å². The van der Waals surface area contributed by atoms with E-state index in [9.17, 15) is 4.79 Å². The minimum Gasteiger partial charge on any atom is -0.466 e. The number of hydrogen-bond donors (Lipinski definition) is 0. The number of benzene rings is 1. The standard InChI is InChI=1S/C19H26O2/c1-3-7-15-10-12-17(13-11-15)18(14-19(20)21-2)16-8-5-4-6-9-16/h10-14,16H,3-9H2,1-2H3. The van der Waals surface area contributed by atoms with Crippen LogP contribution in [0.2, 0.25) is 0 Å². The predicted octanol–water partition coefficient (Wildman–Crippen LogP) is 4.78. The Labute approximate surface area is 128 Å². The van der Waals surface area contributed by atoms with Crippen molar-refractivity contribution in [1.29, 1.82) is 0 Å². The number of allylic oxidation sites excluding steroid dienone is 1. The van der Waals surface area contributed by atoms with Crippen molar-refractivity contribution in [3.05, 3.63) is 41.5 Å². The smallest absolute Gasteiger partial charge is 0.330 e. The number of carbonyl (C=O) groups is 1. The summed E-state index contributed by atoms with van der Waals surface area (Å²) in [4.78, 5) is 11.7. The highest BCUT2D eigenvalue weighted by molar-refractivity contribution is 5.91. The first-order valence-corrected chi connectivity index (χ1v) is 8.13. The first-order valence-electron chi connectivity index (χ1n) is 8.13. The zero-order valence-electron chi connectivity index (χ0n) is 13.2. The van der Waals surface area contributed by atoms with Crippen LogP contribution in [0.3, 0.4) is 0 Å². The monoisotopic (exact) mass is 286 g/mol. The van der Waals surface area contributed by atoms with E-state index in [-0.39, 0.29) is 5.97 Å². The lowest BCUT2D eigenvalue weighted by Crippen LogP contribution is -2.10. The zero-order chi connectivity index (χ0) is 15.1. The van der Waals surface area contributed by atoms with Crippen molar-refractivity contribution in [3.63, 3.8) is 0 Å². The quantitative estimate of drug-likeness (QED) is 0.575.